The van der Waals surface area contributed by atoms with E-state index >= 15 is 0 Å². The molecule has 3 aromatic heterocycles. The number of aromatic amines is 1. The van der Waals surface area contributed by atoms with Gasteiger partial charge in [-0.2, -0.15) is 5.10 Å². The minimum Gasteiger partial charge on any atom is -0.361 e. The van der Waals surface area contributed by atoms with E-state index < -0.39 is 0 Å². The molecular weight excluding hydrogens is 309 g/mol. The molecule has 0 aliphatic rings. The SMILES string of the molecule is Cc1cc(F)ccc1-c1[nH]nc2ncc(-c3c(C)noc3C)nc12. The maximum absolute atomic E-state index is 13.4. The Labute approximate surface area is 136 Å². The number of aromatic nitrogens is 5. The van der Waals surface area contributed by atoms with Crippen LogP contribution in [0.3, 0.4) is 0 Å². The first-order valence-electron chi connectivity index (χ1n) is 7.45. The van der Waals surface area contributed by atoms with Crippen LogP contribution in [0.1, 0.15) is 17.0 Å². The summed E-state index contributed by atoms with van der Waals surface area (Å²) in [5.41, 5.74) is 5.72. The molecule has 0 unspecified atom stereocenters. The lowest BCUT2D eigenvalue weighted by molar-refractivity contribution is 0.393. The zero-order valence-electron chi connectivity index (χ0n) is 13.4. The fraction of sp³-hybridized carbons (Fsp3) is 0.176. The molecule has 3 heterocycles. The number of hydrogen-bond donors (Lipinski definition) is 1. The molecule has 1 N–H and O–H groups in total. The molecule has 0 radical (unpaired) electrons. The third-order valence-electron chi connectivity index (χ3n) is 4.01. The summed E-state index contributed by atoms with van der Waals surface area (Å²) >= 11 is 0. The fourth-order valence-electron chi connectivity index (χ4n) is 2.86. The van der Waals surface area contributed by atoms with Crippen LogP contribution >= 0.6 is 0 Å². The van der Waals surface area contributed by atoms with Crippen LogP contribution in [0.5, 0.6) is 0 Å². The van der Waals surface area contributed by atoms with E-state index in [1.807, 2.05) is 20.8 Å². The van der Waals surface area contributed by atoms with Crippen LogP contribution in [0.2, 0.25) is 0 Å². The Morgan fingerprint density at radius 3 is 2.71 bits per heavy atom. The maximum atomic E-state index is 13.4. The fourth-order valence-corrected chi connectivity index (χ4v) is 2.86. The van der Waals surface area contributed by atoms with Gasteiger partial charge in [-0.1, -0.05) is 5.16 Å². The van der Waals surface area contributed by atoms with Crippen molar-refractivity contribution in [1.29, 1.82) is 0 Å². The standard InChI is InChI=1S/C17H14FN5O/c1-8-6-11(18)4-5-12(8)15-16-17(22-21-15)19-7-13(20-16)14-9(2)23-24-10(14)3/h4-7H,1-3H3,(H,19,21,22). The van der Waals surface area contributed by atoms with Crippen LogP contribution in [-0.2, 0) is 0 Å². The van der Waals surface area contributed by atoms with Gasteiger partial charge in [-0.05, 0) is 44.5 Å². The highest BCUT2D eigenvalue weighted by Gasteiger charge is 2.17. The Morgan fingerprint density at radius 2 is 2.00 bits per heavy atom. The summed E-state index contributed by atoms with van der Waals surface area (Å²) in [6.07, 6.45) is 1.65. The highest BCUT2D eigenvalue weighted by atomic mass is 19.1. The highest BCUT2D eigenvalue weighted by Crippen LogP contribution is 2.30. The van der Waals surface area contributed by atoms with Crippen molar-refractivity contribution in [2.75, 3.05) is 0 Å². The van der Waals surface area contributed by atoms with Gasteiger partial charge in [0.05, 0.1) is 28.8 Å². The molecule has 0 fully saturated rings. The van der Waals surface area contributed by atoms with Gasteiger partial charge < -0.3 is 4.52 Å². The molecule has 0 saturated carbocycles. The van der Waals surface area contributed by atoms with Crippen molar-refractivity contribution in [1.82, 2.24) is 25.3 Å². The van der Waals surface area contributed by atoms with Crippen molar-refractivity contribution in [3.63, 3.8) is 0 Å². The summed E-state index contributed by atoms with van der Waals surface area (Å²) in [4.78, 5) is 9.05. The largest absolute Gasteiger partial charge is 0.361 e. The van der Waals surface area contributed by atoms with E-state index in [2.05, 4.69) is 25.3 Å². The van der Waals surface area contributed by atoms with Gasteiger partial charge in [0.1, 0.15) is 17.1 Å². The smallest absolute Gasteiger partial charge is 0.200 e. The van der Waals surface area contributed by atoms with E-state index in [0.717, 1.165) is 22.4 Å². The van der Waals surface area contributed by atoms with Gasteiger partial charge in [-0.3, -0.25) is 5.10 Å². The number of halogens is 1. The number of benzene rings is 1. The molecule has 1 aromatic carbocycles. The molecule has 0 aliphatic carbocycles. The Morgan fingerprint density at radius 1 is 1.17 bits per heavy atom. The van der Waals surface area contributed by atoms with Crippen molar-refractivity contribution in [3.05, 3.63) is 47.2 Å². The number of aryl methyl sites for hydroxylation is 3. The third kappa shape index (κ3) is 2.17. The maximum Gasteiger partial charge on any atom is 0.200 e. The first-order valence-corrected chi connectivity index (χ1v) is 7.45. The van der Waals surface area contributed by atoms with Gasteiger partial charge in [-0.15, -0.1) is 0 Å². The minimum absolute atomic E-state index is 0.275. The van der Waals surface area contributed by atoms with E-state index in [0.29, 0.717) is 28.3 Å². The second-order valence-corrected chi connectivity index (χ2v) is 5.68. The molecule has 0 spiro atoms. The van der Waals surface area contributed by atoms with E-state index in [1.165, 1.54) is 12.1 Å². The Bertz CT molecular complexity index is 1050. The number of nitrogens with one attached hydrogen (secondary N) is 1. The van der Waals surface area contributed by atoms with Crippen molar-refractivity contribution in [3.8, 4) is 22.5 Å². The second kappa shape index (κ2) is 5.23. The molecule has 0 amide bonds. The van der Waals surface area contributed by atoms with Gasteiger partial charge in [0, 0.05) is 5.56 Å². The van der Waals surface area contributed by atoms with Gasteiger partial charge in [0.2, 0.25) is 0 Å². The van der Waals surface area contributed by atoms with Crippen LogP contribution in [0, 0.1) is 26.6 Å². The normalized spacial score (nSPS) is 11.3. The predicted molar refractivity (Wildman–Crippen MR) is 86.8 cm³/mol. The summed E-state index contributed by atoms with van der Waals surface area (Å²) in [5.74, 6) is 0.409. The number of H-pyrrole nitrogens is 1. The van der Waals surface area contributed by atoms with Gasteiger partial charge in [0.25, 0.3) is 0 Å². The van der Waals surface area contributed by atoms with Crippen LogP contribution in [-0.4, -0.2) is 25.3 Å². The molecule has 24 heavy (non-hydrogen) atoms. The molecule has 0 atom stereocenters. The molecular formula is C17H14FN5O. The lowest BCUT2D eigenvalue weighted by Gasteiger charge is -2.04. The molecule has 6 nitrogen and oxygen atoms in total. The highest BCUT2D eigenvalue weighted by molar-refractivity contribution is 5.89. The molecule has 120 valence electrons. The van der Waals surface area contributed by atoms with Crippen molar-refractivity contribution in [2.24, 2.45) is 0 Å². The number of nitrogens with zero attached hydrogens (tertiary/aromatic N) is 4. The molecule has 4 aromatic rings. The number of hydrogen-bond acceptors (Lipinski definition) is 5. The molecule has 7 heteroatoms. The first kappa shape index (κ1) is 14.5. The van der Waals surface area contributed by atoms with Crippen LogP contribution in [0.15, 0.2) is 28.9 Å². The Hall–Kier alpha value is -3.09. The second-order valence-electron chi connectivity index (χ2n) is 5.68. The predicted octanol–water partition coefficient (Wildman–Crippen LogP) is 3.74. The molecule has 0 bridgehead atoms. The van der Waals surface area contributed by atoms with Crippen LogP contribution in [0.25, 0.3) is 33.7 Å². The molecule has 0 aliphatic heterocycles. The zero-order chi connectivity index (χ0) is 16.8. The van der Waals surface area contributed by atoms with Gasteiger partial charge in [0.15, 0.2) is 5.65 Å². The van der Waals surface area contributed by atoms with Crippen molar-refractivity contribution < 1.29 is 8.91 Å². The van der Waals surface area contributed by atoms with E-state index in [1.54, 1.807) is 12.3 Å². The third-order valence-corrected chi connectivity index (χ3v) is 4.01. The Kier molecular flexibility index (Phi) is 3.16. The van der Waals surface area contributed by atoms with E-state index in [-0.39, 0.29) is 5.82 Å². The number of fused-ring (bicyclic) bond motifs is 1. The summed E-state index contributed by atoms with van der Waals surface area (Å²) in [6.45, 7) is 5.54. The lowest BCUT2D eigenvalue weighted by atomic mass is 10.0. The summed E-state index contributed by atoms with van der Waals surface area (Å²) in [7, 11) is 0. The first-order chi connectivity index (χ1) is 11.5. The van der Waals surface area contributed by atoms with Crippen molar-refractivity contribution in [2.45, 2.75) is 20.8 Å². The quantitative estimate of drug-likeness (QED) is 0.608. The lowest BCUT2D eigenvalue weighted by Crippen LogP contribution is -1.91. The summed E-state index contributed by atoms with van der Waals surface area (Å²) in [5, 5.41) is 11.1. The molecule has 4 rings (SSSR count). The average molecular weight is 323 g/mol. The van der Waals surface area contributed by atoms with Crippen molar-refractivity contribution >= 4 is 11.2 Å². The topological polar surface area (TPSA) is 80.5 Å². The monoisotopic (exact) mass is 323 g/mol. The van der Waals surface area contributed by atoms with Gasteiger partial charge >= 0.3 is 0 Å². The Balaban J connectivity index is 1.94. The summed E-state index contributed by atoms with van der Waals surface area (Å²) in [6, 6.07) is 4.61. The van der Waals surface area contributed by atoms with Crippen LogP contribution < -0.4 is 0 Å². The van der Waals surface area contributed by atoms with Gasteiger partial charge in [-0.25, -0.2) is 14.4 Å². The van der Waals surface area contributed by atoms with E-state index in [9.17, 15) is 4.39 Å². The van der Waals surface area contributed by atoms with E-state index in [4.69, 9.17) is 4.52 Å². The van der Waals surface area contributed by atoms with Crippen LogP contribution in [0.4, 0.5) is 4.39 Å². The summed E-state index contributed by atoms with van der Waals surface area (Å²) < 4.78 is 18.6. The molecule has 0 saturated heterocycles. The minimum atomic E-state index is -0.275. The number of rotatable bonds is 2. The average Bonchev–Trinajstić information content (AvgIpc) is 3.10. The zero-order valence-corrected chi connectivity index (χ0v) is 13.4.